The molecule has 0 aliphatic rings. The van der Waals surface area contributed by atoms with Crippen molar-refractivity contribution in [1.82, 2.24) is 10.6 Å². The average Bonchev–Trinajstić information content (AvgIpc) is 2.38. The number of amides is 2. The van der Waals surface area contributed by atoms with Gasteiger partial charge in [-0.25, -0.2) is 4.79 Å². The second-order valence-corrected chi connectivity index (χ2v) is 3.80. The number of carbonyl (C=O) groups excluding carboxylic acids is 2. The van der Waals surface area contributed by atoms with Crippen molar-refractivity contribution >= 4 is 12.0 Å². The van der Waals surface area contributed by atoms with Gasteiger partial charge in [-0.2, -0.15) is 0 Å². The van der Waals surface area contributed by atoms with Crippen molar-refractivity contribution in [3.63, 3.8) is 0 Å². The lowest BCUT2D eigenvalue weighted by Gasteiger charge is -2.07. The quantitative estimate of drug-likeness (QED) is 0.664. The zero-order valence-electron chi connectivity index (χ0n) is 10.8. The van der Waals surface area contributed by atoms with Crippen molar-refractivity contribution in [2.24, 2.45) is 0 Å². The van der Waals surface area contributed by atoms with Crippen molar-refractivity contribution in [2.45, 2.75) is 13.3 Å². The molecule has 6 heteroatoms. The third-order valence-corrected chi connectivity index (χ3v) is 2.33. The Morgan fingerprint density at radius 3 is 2.58 bits per heavy atom. The normalized spacial score (nSPS) is 9.74. The second-order valence-electron chi connectivity index (χ2n) is 3.80. The first-order valence-corrected chi connectivity index (χ1v) is 6.07. The van der Waals surface area contributed by atoms with Gasteiger partial charge < -0.3 is 20.5 Å². The Morgan fingerprint density at radius 2 is 1.89 bits per heavy atom. The minimum Gasteiger partial charge on any atom is -0.508 e. The molecule has 0 aliphatic carbocycles. The summed E-state index contributed by atoms with van der Waals surface area (Å²) in [5.74, 6) is -0.116. The molecule has 0 unspecified atom stereocenters. The van der Waals surface area contributed by atoms with E-state index in [1.165, 1.54) is 6.07 Å². The van der Waals surface area contributed by atoms with E-state index < -0.39 is 6.09 Å². The number of phenols is 1. The Hall–Kier alpha value is -2.24. The molecule has 0 aliphatic heterocycles. The molecule has 0 fully saturated rings. The van der Waals surface area contributed by atoms with Gasteiger partial charge in [-0.1, -0.05) is 18.2 Å². The SMILES string of the molecule is CCOC(=O)NCCNC(=O)Cc1ccccc1O. The summed E-state index contributed by atoms with van der Waals surface area (Å²) in [6, 6.07) is 6.67. The Morgan fingerprint density at radius 1 is 1.21 bits per heavy atom. The van der Waals surface area contributed by atoms with Crippen LogP contribution in [-0.2, 0) is 16.0 Å². The minimum atomic E-state index is -0.502. The van der Waals surface area contributed by atoms with Crippen molar-refractivity contribution < 1.29 is 19.4 Å². The number of hydrogen-bond donors (Lipinski definition) is 3. The number of carbonyl (C=O) groups is 2. The van der Waals surface area contributed by atoms with Crippen molar-refractivity contribution in [2.75, 3.05) is 19.7 Å². The van der Waals surface area contributed by atoms with Gasteiger partial charge in [0, 0.05) is 18.7 Å². The topological polar surface area (TPSA) is 87.7 Å². The molecular formula is C13H18N2O4. The van der Waals surface area contributed by atoms with Crippen LogP contribution in [0.2, 0.25) is 0 Å². The van der Waals surface area contributed by atoms with E-state index in [-0.39, 0.29) is 18.1 Å². The lowest BCUT2D eigenvalue weighted by molar-refractivity contribution is -0.120. The molecule has 0 radical (unpaired) electrons. The first-order valence-electron chi connectivity index (χ1n) is 6.07. The first-order chi connectivity index (χ1) is 9.13. The molecule has 0 aromatic heterocycles. The van der Waals surface area contributed by atoms with E-state index in [0.29, 0.717) is 25.3 Å². The number of nitrogens with one attached hydrogen (secondary N) is 2. The Balaban J connectivity index is 2.22. The summed E-state index contributed by atoms with van der Waals surface area (Å²) in [6.45, 7) is 2.63. The Kier molecular flexibility index (Phi) is 6.21. The van der Waals surface area contributed by atoms with Crippen LogP contribution in [0.5, 0.6) is 5.75 Å². The highest BCUT2D eigenvalue weighted by molar-refractivity contribution is 5.79. The molecular weight excluding hydrogens is 248 g/mol. The van der Waals surface area contributed by atoms with Gasteiger partial charge in [0.05, 0.1) is 13.0 Å². The smallest absolute Gasteiger partial charge is 0.407 e. The molecule has 19 heavy (non-hydrogen) atoms. The summed E-state index contributed by atoms with van der Waals surface area (Å²) in [4.78, 5) is 22.5. The molecule has 2 amide bonds. The molecule has 1 rings (SSSR count). The summed E-state index contributed by atoms with van der Waals surface area (Å²) >= 11 is 0. The molecule has 0 spiro atoms. The average molecular weight is 266 g/mol. The molecule has 1 aromatic rings. The Labute approximate surface area is 111 Å². The molecule has 0 bridgehead atoms. The van der Waals surface area contributed by atoms with E-state index in [0.717, 1.165) is 0 Å². The summed E-state index contributed by atoms with van der Waals surface area (Å²) in [5, 5.41) is 14.6. The summed E-state index contributed by atoms with van der Waals surface area (Å²) < 4.78 is 4.66. The van der Waals surface area contributed by atoms with Gasteiger partial charge in [0.2, 0.25) is 5.91 Å². The predicted molar refractivity (Wildman–Crippen MR) is 69.8 cm³/mol. The number of phenolic OH excluding ortho intramolecular Hbond substituents is 1. The lowest BCUT2D eigenvalue weighted by Crippen LogP contribution is -2.35. The third kappa shape index (κ3) is 5.76. The van der Waals surface area contributed by atoms with Gasteiger partial charge in [-0.05, 0) is 13.0 Å². The fourth-order valence-corrected chi connectivity index (χ4v) is 1.44. The van der Waals surface area contributed by atoms with E-state index in [1.807, 2.05) is 0 Å². The molecule has 6 nitrogen and oxygen atoms in total. The summed E-state index contributed by atoms with van der Waals surface area (Å²) in [6.07, 6.45) is -0.399. The number of rotatable bonds is 6. The zero-order chi connectivity index (χ0) is 14.1. The summed E-state index contributed by atoms with van der Waals surface area (Å²) in [5.41, 5.74) is 0.568. The molecule has 0 heterocycles. The van der Waals surface area contributed by atoms with Crippen LogP contribution in [0.25, 0.3) is 0 Å². The number of alkyl carbamates (subject to hydrolysis) is 1. The molecule has 0 saturated heterocycles. The zero-order valence-corrected chi connectivity index (χ0v) is 10.8. The van der Waals surface area contributed by atoms with E-state index in [4.69, 9.17) is 0 Å². The molecule has 0 saturated carbocycles. The highest BCUT2D eigenvalue weighted by Gasteiger charge is 2.06. The highest BCUT2D eigenvalue weighted by atomic mass is 16.5. The third-order valence-electron chi connectivity index (χ3n) is 2.33. The molecule has 3 N–H and O–H groups in total. The monoisotopic (exact) mass is 266 g/mol. The summed E-state index contributed by atoms with van der Waals surface area (Å²) in [7, 11) is 0. The maximum Gasteiger partial charge on any atom is 0.407 e. The number of ether oxygens (including phenoxy) is 1. The minimum absolute atomic E-state index is 0.0994. The van der Waals surface area contributed by atoms with Crippen LogP contribution in [0, 0.1) is 0 Å². The fourth-order valence-electron chi connectivity index (χ4n) is 1.44. The van der Waals surface area contributed by atoms with Crippen molar-refractivity contribution in [1.29, 1.82) is 0 Å². The van der Waals surface area contributed by atoms with Gasteiger partial charge in [-0.3, -0.25) is 4.79 Å². The number of hydrogen-bond acceptors (Lipinski definition) is 4. The molecule has 0 atom stereocenters. The van der Waals surface area contributed by atoms with Gasteiger partial charge in [0.15, 0.2) is 0 Å². The van der Waals surface area contributed by atoms with Crippen LogP contribution in [0.15, 0.2) is 24.3 Å². The lowest BCUT2D eigenvalue weighted by atomic mass is 10.1. The maximum atomic E-state index is 11.6. The van der Waals surface area contributed by atoms with E-state index in [1.54, 1.807) is 25.1 Å². The number of para-hydroxylation sites is 1. The van der Waals surface area contributed by atoms with E-state index >= 15 is 0 Å². The van der Waals surface area contributed by atoms with Crippen LogP contribution in [0.4, 0.5) is 4.79 Å². The second kappa shape index (κ2) is 7.97. The van der Waals surface area contributed by atoms with Crippen LogP contribution < -0.4 is 10.6 Å². The van der Waals surface area contributed by atoms with Crippen molar-refractivity contribution in [3.8, 4) is 5.75 Å². The van der Waals surface area contributed by atoms with Crippen LogP contribution in [0.3, 0.4) is 0 Å². The van der Waals surface area contributed by atoms with Gasteiger partial charge in [0.25, 0.3) is 0 Å². The van der Waals surface area contributed by atoms with Crippen LogP contribution in [-0.4, -0.2) is 36.8 Å². The first kappa shape index (κ1) is 14.8. The van der Waals surface area contributed by atoms with E-state index in [9.17, 15) is 14.7 Å². The molecule has 104 valence electrons. The Bertz CT molecular complexity index is 434. The van der Waals surface area contributed by atoms with Gasteiger partial charge in [-0.15, -0.1) is 0 Å². The van der Waals surface area contributed by atoms with Crippen LogP contribution in [0.1, 0.15) is 12.5 Å². The standard InChI is InChI=1S/C13H18N2O4/c1-2-19-13(18)15-8-7-14-12(17)9-10-5-3-4-6-11(10)16/h3-6,16H,2,7-9H2,1H3,(H,14,17)(H,15,18). The maximum absolute atomic E-state index is 11.6. The molecule has 1 aromatic carbocycles. The van der Waals surface area contributed by atoms with E-state index in [2.05, 4.69) is 15.4 Å². The fraction of sp³-hybridized carbons (Fsp3) is 0.385. The number of benzene rings is 1. The predicted octanol–water partition coefficient (Wildman–Crippen LogP) is 0.797. The van der Waals surface area contributed by atoms with Gasteiger partial charge >= 0.3 is 6.09 Å². The van der Waals surface area contributed by atoms with Crippen molar-refractivity contribution in [3.05, 3.63) is 29.8 Å². The highest BCUT2D eigenvalue weighted by Crippen LogP contribution is 2.15. The largest absolute Gasteiger partial charge is 0.508 e. The number of aromatic hydroxyl groups is 1. The van der Waals surface area contributed by atoms with Crippen LogP contribution >= 0.6 is 0 Å². The van der Waals surface area contributed by atoms with Gasteiger partial charge in [0.1, 0.15) is 5.75 Å².